The number of aromatic amines is 2. The molecule has 1 aromatic carbocycles. The average Bonchev–Trinajstić information content (AvgIpc) is 4.08. The van der Waals surface area contributed by atoms with E-state index < -0.39 is 114 Å². The topological polar surface area (TPSA) is 436 Å². The number of carbonyl (C=O) groups is 11. The lowest BCUT2D eigenvalue weighted by atomic mass is 10.0. The molecule has 0 aliphatic carbocycles. The first-order chi connectivity index (χ1) is 37.5. The molecule has 0 fully saturated rings. The zero-order valence-electron chi connectivity index (χ0n) is 45.7. The van der Waals surface area contributed by atoms with Crippen LogP contribution >= 0.6 is 11.8 Å². The van der Waals surface area contributed by atoms with Crippen molar-refractivity contribution < 1.29 is 52.7 Å². The summed E-state index contributed by atoms with van der Waals surface area (Å²) in [4.78, 5) is 158. The monoisotopic (exact) mass is 1120 g/mol. The Kier molecular flexibility index (Phi) is 28.0. The van der Waals surface area contributed by atoms with Crippen LogP contribution in [-0.4, -0.2) is 172 Å². The van der Waals surface area contributed by atoms with Crippen LogP contribution in [0, 0.1) is 11.8 Å². The number of hydrogen-bond acceptors (Lipinski definition) is 15. The van der Waals surface area contributed by atoms with E-state index in [-0.39, 0.29) is 89.4 Å². The first kappa shape index (κ1) is 65.7. The number of amides is 11. The quantitative estimate of drug-likeness (QED) is 0.0275. The fourth-order valence-corrected chi connectivity index (χ4v) is 8.66. The summed E-state index contributed by atoms with van der Waals surface area (Å²) in [6.07, 6.45) is 5.42. The number of para-hydroxylation sites is 1. The minimum Gasteiger partial charge on any atom is -0.370 e. The molecule has 0 saturated carbocycles. The summed E-state index contributed by atoms with van der Waals surface area (Å²) in [5.41, 5.74) is 24.0. The Labute approximate surface area is 463 Å². The van der Waals surface area contributed by atoms with Crippen molar-refractivity contribution in [2.75, 3.05) is 44.7 Å². The summed E-state index contributed by atoms with van der Waals surface area (Å²) in [6, 6.07) is -1.53. The summed E-state index contributed by atoms with van der Waals surface area (Å²) in [7, 11) is 0. The third kappa shape index (κ3) is 22.7. The fourth-order valence-electron chi connectivity index (χ4n) is 8.19. The van der Waals surface area contributed by atoms with Crippen molar-refractivity contribution in [3.63, 3.8) is 0 Å². The van der Waals surface area contributed by atoms with E-state index in [2.05, 4.69) is 57.5 Å². The average molecular weight is 1130 g/mol. The maximum absolute atomic E-state index is 14.2. The molecule has 2 aromatic heterocycles. The van der Waals surface area contributed by atoms with E-state index in [4.69, 9.17) is 22.9 Å². The third-order valence-electron chi connectivity index (χ3n) is 12.4. The van der Waals surface area contributed by atoms with Gasteiger partial charge in [0.25, 0.3) is 0 Å². The number of rotatable bonds is 36. The molecule has 0 radical (unpaired) electrons. The van der Waals surface area contributed by atoms with Crippen LogP contribution in [0.4, 0.5) is 0 Å². The smallest absolute Gasteiger partial charge is 0.243 e. The molecular formula is C51H80N16O11S. The lowest BCUT2D eigenvalue weighted by molar-refractivity contribution is -0.135. The first-order valence-corrected chi connectivity index (χ1v) is 27.5. The van der Waals surface area contributed by atoms with Crippen molar-refractivity contribution >= 4 is 87.6 Å². The highest BCUT2D eigenvalue weighted by Gasteiger charge is 2.34. The zero-order valence-corrected chi connectivity index (χ0v) is 46.6. The second kappa shape index (κ2) is 33.6. The van der Waals surface area contributed by atoms with Crippen molar-refractivity contribution in [3.05, 3.63) is 54.2 Å². The fraction of sp³-hybridized carbons (Fsp3) is 0.569. The highest BCUT2D eigenvalue weighted by atomic mass is 32.2. The SMILES string of the molecule is CSCCC(NC(=O)C(CC(C)C)NC(=O)C(Cc1cnc[nH]1)NC(=O)CNC(=O)C(NC(=O)C(C)NC(=O)C(Cc1c[nH]c2ccccc12)NC(=O)C(CCC(N)=O)NC(=O)CCC(=O)N(CCN)CCN)C(C)C)C(N)=O. The number of benzene rings is 1. The molecule has 79 heavy (non-hydrogen) atoms. The summed E-state index contributed by atoms with van der Waals surface area (Å²) in [6.45, 7) is 8.44. The molecule has 436 valence electrons. The van der Waals surface area contributed by atoms with Crippen LogP contribution in [0.2, 0.25) is 0 Å². The van der Waals surface area contributed by atoms with Gasteiger partial charge < -0.3 is 80.3 Å². The molecule has 7 atom stereocenters. The van der Waals surface area contributed by atoms with Crippen molar-refractivity contribution in [2.45, 2.75) is 128 Å². The zero-order chi connectivity index (χ0) is 58.8. The van der Waals surface area contributed by atoms with Crippen LogP contribution in [0.25, 0.3) is 10.9 Å². The van der Waals surface area contributed by atoms with Gasteiger partial charge >= 0.3 is 0 Å². The molecule has 7 unspecified atom stereocenters. The Morgan fingerprint density at radius 2 is 1.25 bits per heavy atom. The number of nitrogens with zero attached hydrogens (tertiary/aromatic N) is 2. The summed E-state index contributed by atoms with van der Waals surface area (Å²) in [5.74, 6) is -8.18. The van der Waals surface area contributed by atoms with E-state index in [0.717, 1.165) is 10.9 Å². The molecule has 0 aliphatic heterocycles. The van der Waals surface area contributed by atoms with Gasteiger partial charge in [-0.25, -0.2) is 4.98 Å². The predicted molar refractivity (Wildman–Crippen MR) is 295 cm³/mol. The van der Waals surface area contributed by atoms with Gasteiger partial charge in [0, 0.05) is 87.3 Å². The van der Waals surface area contributed by atoms with Gasteiger partial charge in [0.2, 0.25) is 65.0 Å². The number of primary amides is 2. The molecule has 11 amide bonds. The van der Waals surface area contributed by atoms with Crippen LogP contribution in [0.15, 0.2) is 43.0 Å². The van der Waals surface area contributed by atoms with E-state index in [0.29, 0.717) is 17.0 Å². The lowest BCUT2D eigenvalue weighted by Gasteiger charge is -2.26. The Balaban J connectivity index is 1.75. The maximum Gasteiger partial charge on any atom is 0.243 e. The molecule has 3 aromatic rings. The largest absolute Gasteiger partial charge is 0.370 e. The van der Waals surface area contributed by atoms with Crippen LogP contribution in [-0.2, 0) is 65.6 Å². The number of carbonyl (C=O) groups excluding carboxylic acids is 11. The highest BCUT2D eigenvalue weighted by molar-refractivity contribution is 7.98. The molecule has 0 aliphatic rings. The minimum atomic E-state index is -1.39. The van der Waals surface area contributed by atoms with E-state index in [1.807, 2.05) is 26.2 Å². The summed E-state index contributed by atoms with van der Waals surface area (Å²) < 4.78 is 0. The Bertz CT molecular complexity index is 2540. The Morgan fingerprint density at radius 1 is 0.646 bits per heavy atom. The number of thioether (sulfide) groups is 1. The van der Waals surface area contributed by atoms with Gasteiger partial charge in [0.05, 0.1) is 12.9 Å². The predicted octanol–water partition coefficient (Wildman–Crippen LogP) is -3.06. The van der Waals surface area contributed by atoms with Crippen LogP contribution in [0.1, 0.15) is 84.4 Å². The first-order valence-electron chi connectivity index (χ1n) is 26.1. The standard InChI is InChI=1S/C51H80N16O11S/c1-28(2)21-37(49(76)63-35(45(55)72)15-20-79-6)64-50(77)39(23-32-25-56-27-59-32)62-42(70)26-58-51(78)44(29(3)4)66-46(73)30(5)60-48(75)38(22-31-24-57-34-10-8-7-9-33(31)34)65-47(74)36(11-12-40(54)68)61-41(69)13-14-43(71)67(18-16-52)19-17-53/h7-10,24-25,27-30,35-39,44,57H,11-23,26,52-53H2,1-6H3,(H2,54,68)(H2,55,72)(H,56,59)(H,58,78)(H,60,75)(H,61,69)(H,62,70)(H,63,76)(H,64,77)(H,65,74)(H,66,73). The van der Waals surface area contributed by atoms with Gasteiger partial charge in [0.15, 0.2) is 0 Å². The summed E-state index contributed by atoms with van der Waals surface area (Å²) in [5, 5.41) is 21.5. The molecule has 28 heteroatoms. The van der Waals surface area contributed by atoms with Gasteiger partial charge in [0.1, 0.15) is 42.3 Å². The number of imidazole rings is 1. The van der Waals surface area contributed by atoms with Gasteiger partial charge in [-0.15, -0.1) is 0 Å². The highest BCUT2D eigenvalue weighted by Crippen LogP contribution is 2.20. The van der Waals surface area contributed by atoms with E-state index in [1.165, 1.54) is 36.1 Å². The number of nitrogens with one attached hydrogen (secondary N) is 10. The number of hydrogen-bond donors (Lipinski definition) is 14. The molecule has 0 saturated heterocycles. The Hall–Kier alpha value is -7.59. The number of fused-ring (bicyclic) bond motifs is 1. The van der Waals surface area contributed by atoms with Crippen molar-refractivity contribution in [1.82, 2.24) is 62.4 Å². The van der Waals surface area contributed by atoms with Gasteiger partial charge in [-0.05, 0) is 61.7 Å². The molecular weight excluding hydrogens is 1040 g/mol. The molecule has 0 spiro atoms. The van der Waals surface area contributed by atoms with E-state index in [1.54, 1.807) is 38.2 Å². The second-order valence-electron chi connectivity index (χ2n) is 19.7. The third-order valence-corrected chi connectivity index (χ3v) is 13.1. The molecule has 0 bridgehead atoms. The second-order valence-corrected chi connectivity index (χ2v) is 20.7. The van der Waals surface area contributed by atoms with Crippen LogP contribution < -0.4 is 65.5 Å². The summed E-state index contributed by atoms with van der Waals surface area (Å²) >= 11 is 1.46. The normalized spacial score (nSPS) is 13.8. The van der Waals surface area contributed by atoms with Crippen LogP contribution in [0.5, 0.6) is 0 Å². The van der Waals surface area contributed by atoms with Gasteiger partial charge in [-0.1, -0.05) is 45.9 Å². The minimum absolute atomic E-state index is 0.0837. The lowest BCUT2D eigenvalue weighted by Crippen LogP contribution is -2.59. The van der Waals surface area contributed by atoms with E-state index >= 15 is 0 Å². The molecule has 18 N–H and O–H groups in total. The molecule has 27 nitrogen and oxygen atoms in total. The Morgan fingerprint density at radius 3 is 1.86 bits per heavy atom. The maximum atomic E-state index is 14.2. The molecule has 2 heterocycles. The van der Waals surface area contributed by atoms with Crippen molar-refractivity contribution in [1.29, 1.82) is 0 Å². The number of nitrogens with two attached hydrogens (primary N) is 4. The van der Waals surface area contributed by atoms with Crippen molar-refractivity contribution in [3.8, 4) is 0 Å². The van der Waals surface area contributed by atoms with Crippen LogP contribution in [0.3, 0.4) is 0 Å². The number of aromatic nitrogens is 3. The number of H-pyrrole nitrogens is 2. The van der Waals surface area contributed by atoms with E-state index in [9.17, 15) is 52.7 Å². The van der Waals surface area contributed by atoms with Gasteiger partial charge in [-0.3, -0.25) is 52.7 Å². The van der Waals surface area contributed by atoms with Crippen molar-refractivity contribution in [2.24, 2.45) is 34.8 Å². The van der Waals surface area contributed by atoms with Gasteiger partial charge in [-0.2, -0.15) is 11.8 Å². The molecule has 3 rings (SSSR count).